The maximum atomic E-state index is 12.3. The van der Waals surface area contributed by atoms with E-state index in [2.05, 4.69) is 10.4 Å². The van der Waals surface area contributed by atoms with Gasteiger partial charge in [0.25, 0.3) is 5.91 Å². The first-order chi connectivity index (χ1) is 11.8. The molecular weight excluding hydrogens is 324 g/mol. The number of carboxylic acids is 1. The van der Waals surface area contributed by atoms with Crippen molar-refractivity contribution in [2.75, 3.05) is 11.9 Å². The summed E-state index contributed by atoms with van der Waals surface area (Å²) in [4.78, 5) is 37.2. The van der Waals surface area contributed by atoms with E-state index in [1.807, 2.05) is 12.1 Å². The van der Waals surface area contributed by atoms with Gasteiger partial charge in [0.2, 0.25) is 5.91 Å². The van der Waals surface area contributed by atoms with Crippen LogP contribution in [0, 0.1) is 0 Å². The molecule has 25 heavy (non-hydrogen) atoms. The van der Waals surface area contributed by atoms with Crippen molar-refractivity contribution in [2.45, 2.75) is 25.9 Å². The lowest BCUT2D eigenvalue weighted by molar-refractivity contribution is -0.146. The number of carbonyl (C=O) groups excluding carboxylic acids is 2. The number of hydrogen-bond acceptors (Lipinski definition) is 4. The number of anilines is 1. The molecule has 130 valence electrons. The molecule has 1 aliphatic rings. The normalized spacial score (nSPS) is 13.7. The van der Waals surface area contributed by atoms with Gasteiger partial charge in [0.1, 0.15) is 6.54 Å². The summed E-state index contributed by atoms with van der Waals surface area (Å²) < 4.78 is 1.27. The molecule has 2 aromatic rings. The predicted molar refractivity (Wildman–Crippen MR) is 89.0 cm³/mol. The number of amides is 2. The maximum Gasteiger partial charge on any atom is 0.331 e. The van der Waals surface area contributed by atoms with Crippen LogP contribution in [0.25, 0.3) is 0 Å². The van der Waals surface area contributed by atoms with E-state index in [1.165, 1.54) is 35.8 Å². The number of benzene rings is 1. The number of carbonyl (C=O) groups is 3. The van der Waals surface area contributed by atoms with Gasteiger partial charge in [0, 0.05) is 18.3 Å². The molecule has 0 aliphatic carbocycles. The number of nitrogens with zero attached hydrogens (tertiary/aromatic N) is 3. The van der Waals surface area contributed by atoms with Crippen molar-refractivity contribution < 1.29 is 19.5 Å². The second-order valence-corrected chi connectivity index (χ2v) is 6.40. The predicted octanol–water partition coefficient (Wildman–Crippen LogP) is 1.30. The first kappa shape index (κ1) is 16.7. The van der Waals surface area contributed by atoms with Crippen molar-refractivity contribution in [3.63, 3.8) is 0 Å². The van der Waals surface area contributed by atoms with Crippen molar-refractivity contribution in [3.8, 4) is 0 Å². The van der Waals surface area contributed by atoms with E-state index in [0.29, 0.717) is 17.8 Å². The number of rotatable bonds is 5. The fourth-order valence-electron chi connectivity index (χ4n) is 2.61. The van der Waals surface area contributed by atoms with Gasteiger partial charge in [-0.2, -0.15) is 5.10 Å². The fourth-order valence-corrected chi connectivity index (χ4v) is 2.61. The van der Waals surface area contributed by atoms with Gasteiger partial charge in [-0.15, -0.1) is 0 Å². The minimum atomic E-state index is -1.23. The third-order valence-electron chi connectivity index (χ3n) is 4.19. The molecule has 0 radical (unpaired) electrons. The molecule has 0 fully saturated rings. The van der Waals surface area contributed by atoms with Crippen LogP contribution in [0.5, 0.6) is 0 Å². The monoisotopic (exact) mass is 342 g/mol. The van der Waals surface area contributed by atoms with E-state index in [9.17, 15) is 19.5 Å². The van der Waals surface area contributed by atoms with Crippen LogP contribution < -0.4 is 5.32 Å². The number of fused-ring (bicyclic) bond motifs is 1. The highest BCUT2D eigenvalue weighted by Gasteiger charge is 2.31. The Bertz CT molecular complexity index is 856. The smallest absolute Gasteiger partial charge is 0.331 e. The minimum Gasteiger partial charge on any atom is -0.479 e. The van der Waals surface area contributed by atoms with Crippen molar-refractivity contribution in [1.82, 2.24) is 14.7 Å². The third-order valence-corrected chi connectivity index (χ3v) is 4.19. The average Bonchev–Trinajstić information content (AvgIpc) is 3.14. The number of carboxylic acid groups (broad SMARTS) is 1. The molecule has 1 aromatic carbocycles. The topological polar surface area (TPSA) is 105 Å². The van der Waals surface area contributed by atoms with Gasteiger partial charge in [-0.1, -0.05) is 18.2 Å². The Labute approximate surface area is 144 Å². The molecular formula is C17H18N4O4. The van der Waals surface area contributed by atoms with E-state index < -0.39 is 11.5 Å². The highest BCUT2D eigenvalue weighted by molar-refractivity contribution is 6.02. The van der Waals surface area contributed by atoms with E-state index in [-0.39, 0.29) is 18.4 Å². The molecule has 1 aromatic heterocycles. The molecule has 2 heterocycles. The molecule has 0 unspecified atom stereocenters. The van der Waals surface area contributed by atoms with Gasteiger partial charge in [-0.05, 0) is 25.5 Å². The summed E-state index contributed by atoms with van der Waals surface area (Å²) in [7, 11) is 0. The zero-order valence-corrected chi connectivity index (χ0v) is 13.9. The first-order valence-corrected chi connectivity index (χ1v) is 7.74. The number of aromatic nitrogens is 2. The second kappa shape index (κ2) is 6.04. The SMILES string of the molecule is CC(C)(C(=O)O)n1cc(NC(=O)CN2Cc3ccccc3C2=O)cn1. The highest BCUT2D eigenvalue weighted by atomic mass is 16.4. The lowest BCUT2D eigenvalue weighted by atomic mass is 10.1. The van der Waals surface area contributed by atoms with Gasteiger partial charge < -0.3 is 15.3 Å². The molecule has 8 heteroatoms. The van der Waals surface area contributed by atoms with Crippen molar-refractivity contribution >= 4 is 23.5 Å². The molecule has 8 nitrogen and oxygen atoms in total. The van der Waals surface area contributed by atoms with Crippen LogP contribution in [0.4, 0.5) is 5.69 Å². The second-order valence-electron chi connectivity index (χ2n) is 6.40. The fraction of sp³-hybridized carbons (Fsp3) is 0.294. The lowest BCUT2D eigenvalue weighted by Crippen LogP contribution is -2.36. The van der Waals surface area contributed by atoms with Gasteiger partial charge in [0.15, 0.2) is 5.54 Å². The number of hydrogen-bond donors (Lipinski definition) is 2. The van der Waals surface area contributed by atoms with Crippen molar-refractivity contribution in [1.29, 1.82) is 0 Å². The summed E-state index contributed by atoms with van der Waals surface area (Å²) in [6.45, 7) is 3.33. The van der Waals surface area contributed by atoms with Crippen LogP contribution in [-0.4, -0.2) is 44.1 Å². The Morgan fingerprint density at radius 2 is 2.04 bits per heavy atom. The molecule has 0 saturated heterocycles. The summed E-state index contributed by atoms with van der Waals surface area (Å²) in [6.07, 6.45) is 2.83. The highest BCUT2D eigenvalue weighted by Crippen LogP contribution is 2.22. The van der Waals surface area contributed by atoms with E-state index >= 15 is 0 Å². The van der Waals surface area contributed by atoms with Gasteiger partial charge in [0.05, 0.1) is 11.9 Å². The van der Waals surface area contributed by atoms with Gasteiger partial charge in [-0.25, -0.2) is 4.79 Å². The Morgan fingerprint density at radius 1 is 1.32 bits per heavy atom. The lowest BCUT2D eigenvalue weighted by Gasteiger charge is -2.19. The number of aliphatic carboxylic acids is 1. The molecule has 2 N–H and O–H groups in total. The summed E-state index contributed by atoms with van der Waals surface area (Å²) in [5, 5.41) is 15.8. The summed E-state index contributed by atoms with van der Waals surface area (Å²) in [5.41, 5.74) is 0.668. The average molecular weight is 342 g/mol. The van der Waals surface area contributed by atoms with Gasteiger partial charge in [-0.3, -0.25) is 14.3 Å². The van der Waals surface area contributed by atoms with Crippen LogP contribution in [-0.2, 0) is 21.7 Å². The molecule has 1 aliphatic heterocycles. The summed E-state index contributed by atoms with van der Waals surface area (Å²) in [6, 6.07) is 7.25. The quantitative estimate of drug-likeness (QED) is 0.852. The maximum absolute atomic E-state index is 12.3. The molecule has 0 spiro atoms. The molecule has 0 bridgehead atoms. The molecule has 0 saturated carbocycles. The molecule has 3 rings (SSSR count). The van der Waals surface area contributed by atoms with Crippen molar-refractivity contribution in [2.24, 2.45) is 0 Å². The minimum absolute atomic E-state index is 0.0823. The van der Waals surface area contributed by atoms with Crippen LogP contribution in [0.15, 0.2) is 36.7 Å². The van der Waals surface area contributed by atoms with Crippen LogP contribution >= 0.6 is 0 Å². The van der Waals surface area contributed by atoms with E-state index in [0.717, 1.165) is 5.56 Å². The molecule has 2 amide bonds. The Hall–Kier alpha value is -3.16. The van der Waals surface area contributed by atoms with E-state index in [4.69, 9.17) is 0 Å². The summed E-state index contributed by atoms with van der Waals surface area (Å²) >= 11 is 0. The Kier molecular flexibility index (Phi) is 4.03. The van der Waals surface area contributed by atoms with Gasteiger partial charge >= 0.3 is 5.97 Å². The zero-order chi connectivity index (χ0) is 18.2. The standard InChI is InChI=1S/C17H18N4O4/c1-17(2,16(24)25)21-9-12(7-18-21)19-14(22)10-20-8-11-5-3-4-6-13(11)15(20)23/h3-7,9H,8,10H2,1-2H3,(H,19,22)(H,24,25). The Morgan fingerprint density at radius 3 is 2.72 bits per heavy atom. The largest absolute Gasteiger partial charge is 0.479 e. The van der Waals surface area contributed by atoms with Crippen LogP contribution in [0.3, 0.4) is 0 Å². The van der Waals surface area contributed by atoms with E-state index in [1.54, 1.807) is 12.1 Å². The number of nitrogens with one attached hydrogen (secondary N) is 1. The van der Waals surface area contributed by atoms with Crippen molar-refractivity contribution in [3.05, 3.63) is 47.8 Å². The van der Waals surface area contributed by atoms with Crippen LogP contribution in [0.2, 0.25) is 0 Å². The molecule has 0 atom stereocenters. The zero-order valence-electron chi connectivity index (χ0n) is 13.9. The summed E-state index contributed by atoms with van der Waals surface area (Å²) in [5.74, 6) is -1.57. The first-order valence-electron chi connectivity index (χ1n) is 7.74. The third kappa shape index (κ3) is 3.10. The Balaban J connectivity index is 1.64. The van der Waals surface area contributed by atoms with Crippen LogP contribution in [0.1, 0.15) is 29.8 Å².